The van der Waals surface area contributed by atoms with Gasteiger partial charge < -0.3 is 19.3 Å². The number of aliphatic hydroxyl groups excluding tert-OH is 1. The van der Waals surface area contributed by atoms with Crippen molar-refractivity contribution in [3.05, 3.63) is 47.5 Å². The van der Waals surface area contributed by atoms with E-state index in [9.17, 15) is 5.11 Å². The van der Waals surface area contributed by atoms with Crippen molar-refractivity contribution in [2.75, 3.05) is 24.6 Å². The average molecular weight is 388 g/mol. The Morgan fingerprint density at radius 2 is 1.96 bits per heavy atom. The fourth-order valence-corrected chi connectivity index (χ4v) is 3.55. The molecule has 142 valence electrons. The van der Waals surface area contributed by atoms with Gasteiger partial charge in [-0.25, -0.2) is 15.0 Å². The van der Waals surface area contributed by atoms with Gasteiger partial charge in [-0.3, -0.25) is 0 Å². The Morgan fingerprint density at radius 1 is 1.15 bits per heavy atom. The first kappa shape index (κ1) is 18.2. The van der Waals surface area contributed by atoms with Crippen LogP contribution >= 0.6 is 11.6 Å². The first-order valence-electron chi connectivity index (χ1n) is 9.12. The van der Waals surface area contributed by atoms with Crippen molar-refractivity contribution < 1.29 is 9.84 Å². The summed E-state index contributed by atoms with van der Waals surface area (Å²) in [6, 6.07) is 7.53. The van der Waals surface area contributed by atoms with Crippen molar-refractivity contribution in [2.24, 2.45) is 0 Å². The molecule has 0 bridgehead atoms. The monoisotopic (exact) mass is 387 g/mol. The summed E-state index contributed by atoms with van der Waals surface area (Å²) in [5, 5.41) is 11.0. The molecule has 3 heterocycles. The van der Waals surface area contributed by atoms with E-state index in [1.54, 1.807) is 12.7 Å². The van der Waals surface area contributed by atoms with E-state index in [0.29, 0.717) is 18.2 Å². The number of nitrogens with zero attached hydrogens (tertiary/aromatic N) is 5. The highest BCUT2D eigenvalue weighted by atomic mass is 35.5. The number of ether oxygens (including phenoxy) is 1. The lowest BCUT2D eigenvalue weighted by atomic mass is 10.2. The highest BCUT2D eigenvalue weighted by molar-refractivity contribution is 6.31. The van der Waals surface area contributed by atoms with Crippen LogP contribution < -0.4 is 4.90 Å². The van der Waals surface area contributed by atoms with Crippen molar-refractivity contribution >= 4 is 28.6 Å². The van der Waals surface area contributed by atoms with Gasteiger partial charge in [-0.15, -0.1) is 0 Å². The summed E-state index contributed by atoms with van der Waals surface area (Å²) in [6.07, 6.45) is 4.95. The second-order valence-electron chi connectivity index (χ2n) is 6.72. The fourth-order valence-electron chi connectivity index (χ4n) is 3.36. The van der Waals surface area contributed by atoms with E-state index in [4.69, 9.17) is 16.3 Å². The van der Waals surface area contributed by atoms with E-state index >= 15 is 0 Å². The summed E-state index contributed by atoms with van der Waals surface area (Å²) in [5.74, 6) is 0.876. The summed E-state index contributed by atoms with van der Waals surface area (Å²) in [6.45, 7) is 2.92. The Labute approximate surface area is 162 Å². The molecule has 1 aromatic carbocycles. The van der Waals surface area contributed by atoms with Crippen molar-refractivity contribution in [1.82, 2.24) is 19.5 Å². The van der Waals surface area contributed by atoms with Crippen LogP contribution in [0.1, 0.15) is 18.4 Å². The quantitative estimate of drug-likeness (QED) is 0.671. The second kappa shape index (κ2) is 8.21. The predicted octanol–water partition coefficient (Wildman–Crippen LogP) is 2.66. The minimum absolute atomic E-state index is 0.203. The summed E-state index contributed by atoms with van der Waals surface area (Å²) in [5.41, 5.74) is 2.42. The Bertz CT molecular complexity index is 910. The van der Waals surface area contributed by atoms with Crippen LogP contribution in [0.25, 0.3) is 11.2 Å². The highest BCUT2D eigenvalue weighted by Gasteiger charge is 2.19. The molecule has 4 rings (SSSR count). The van der Waals surface area contributed by atoms with Gasteiger partial charge in [0.25, 0.3) is 0 Å². The van der Waals surface area contributed by atoms with E-state index in [-0.39, 0.29) is 6.61 Å². The molecule has 1 aliphatic heterocycles. The number of hydrogen-bond acceptors (Lipinski definition) is 6. The van der Waals surface area contributed by atoms with E-state index in [1.807, 2.05) is 28.8 Å². The van der Waals surface area contributed by atoms with Crippen LogP contribution in [0.2, 0.25) is 5.02 Å². The van der Waals surface area contributed by atoms with Crippen LogP contribution in [0.15, 0.2) is 36.9 Å². The number of aliphatic hydroxyl groups is 1. The molecular weight excluding hydrogens is 366 g/mol. The lowest BCUT2D eigenvalue weighted by molar-refractivity contribution is 0.0208. The zero-order valence-electron chi connectivity index (χ0n) is 15.0. The van der Waals surface area contributed by atoms with Crippen LogP contribution in [0.4, 0.5) is 5.82 Å². The largest absolute Gasteiger partial charge is 0.389 e. The summed E-state index contributed by atoms with van der Waals surface area (Å²) < 4.78 is 7.47. The maximum Gasteiger partial charge on any atom is 0.165 e. The molecule has 2 aromatic heterocycles. The van der Waals surface area contributed by atoms with Gasteiger partial charge in [0.2, 0.25) is 0 Å². The maximum atomic E-state index is 10.3. The Hall–Kier alpha value is -2.22. The number of halogens is 1. The Balaban J connectivity index is 1.39. The fraction of sp³-hybridized carbons (Fsp3) is 0.421. The number of benzene rings is 1. The normalized spacial score (nSPS) is 15.6. The van der Waals surface area contributed by atoms with Gasteiger partial charge in [0.1, 0.15) is 6.33 Å². The molecular formula is C19H22ClN5O2. The Kier molecular flexibility index (Phi) is 5.52. The van der Waals surface area contributed by atoms with Gasteiger partial charge in [-0.05, 0) is 24.5 Å². The standard InChI is InChI=1S/C19H22ClN5O2/c20-16-6-2-1-5-14(16)10-27-11-15(26)9-25-13-23-17-18(21-12-22-19(17)25)24-7-3-4-8-24/h1-2,5-6,12-13,15,26H,3-4,7-11H2. The van der Waals surface area contributed by atoms with Crippen LogP contribution in [-0.2, 0) is 17.9 Å². The molecule has 0 aliphatic carbocycles. The molecule has 7 nitrogen and oxygen atoms in total. The average Bonchev–Trinajstić information content (AvgIpc) is 3.34. The van der Waals surface area contributed by atoms with Gasteiger partial charge in [0.15, 0.2) is 17.0 Å². The lowest BCUT2D eigenvalue weighted by Crippen LogP contribution is -2.22. The van der Waals surface area contributed by atoms with Crippen LogP contribution in [0.3, 0.4) is 0 Å². The molecule has 0 radical (unpaired) electrons. The van der Waals surface area contributed by atoms with Crippen molar-refractivity contribution in [1.29, 1.82) is 0 Å². The molecule has 1 N–H and O–H groups in total. The molecule has 1 atom stereocenters. The van der Waals surface area contributed by atoms with Gasteiger partial charge in [-0.1, -0.05) is 29.8 Å². The molecule has 1 saturated heterocycles. The third kappa shape index (κ3) is 4.05. The predicted molar refractivity (Wildman–Crippen MR) is 104 cm³/mol. The molecule has 27 heavy (non-hydrogen) atoms. The smallest absolute Gasteiger partial charge is 0.165 e. The van der Waals surface area contributed by atoms with Crippen molar-refractivity contribution in [2.45, 2.75) is 32.1 Å². The third-order valence-electron chi connectivity index (χ3n) is 4.72. The first-order valence-corrected chi connectivity index (χ1v) is 9.50. The van der Waals surface area contributed by atoms with Crippen LogP contribution in [-0.4, -0.2) is 50.4 Å². The number of aromatic nitrogens is 4. The van der Waals surface area contributed by atoms with E-state index < -0.39 is 6.10 Å². The Morgan fingerprint density at radius 3 is 2.78 bits per heavy atom. The summed E-state index contributed by atoms with van der Waals surface area (Å²) in [4.78, 5) is 15.5. The summed E-state index contributed by atoms with van der Waals surface area (Å²) >= 11 is 6.12. The van der Waals surface area contributed by atoms with E-state index in [0.717, 1.165) is 35.6 Å². The third-order valence-corrected chi connectivity index (χ3v) is 5.09. The van der Waals surface area contributed by atoms with Gasteiger partial charge >= 0.3 is 0 Å². The molecule has 8 heteroatoms. The summed E-state index contributed by atoms with van der Waals surface area (Å²) in [7, 11) is 0. The van der Waals surface area contributed by atoms with Crippen LogP contribution in [0, 0.1) is 0 Å². The van der Waals surface area contributed by atoms with Gasteiger partial charge in [0.05, 0.1) is 32.2 Å². The maximum absolute atomic E-state index is 10.3. The molecule has 1 unspecified atom stereocenters. The molecule has 3 aromatic rings. The van der Waals surface area contributed by atoms with Crippen LogP contribution in [0.5, 0.6) is 0 Å². The molecule has 0 spiro atoms. The SMILES string of the molecule is OC(COCc1ccccc1Cl)Cn1cnc2c(N3CCCC3)ncnc21. The molecule has 1 fully saturated rings. The van der Waals surface area contributed by atoms with E-state index in [2.05, 4.69) is 19.9 Å². The zero-order chi connectivity index (χ0) is 18.6. The minimum Gasteiger partial charge on any atom is -0.389 e. The number of hydrogen-bond donors (Lipinski definition) is 1. The van der Waals surface area contributed by atoms with Crippen molar-refractivity contribution in [3.8, 4) is 0 Å². The molecule has 0 amide bonds. The molecule has 0 saturated carbocycles. The lowest BCUT2D eigenvalue weighted by Gasteiger charge is -2.16. The van der Waals surface area contributed by atoms with E-state index in [1.165, 1.54) is 12.8 Å². The van der Waals surface area contributed by atoms with Crippen molar-refractivity contribution in [3.63, 3.8) is 0 Å². The number of imidazole rings is 1. The zero-order valence-corrected chi connectivity index (χ0v) is 15.7. The minimum atomic E-state index is -0.671. The first-order chi connectivity index (χ1) is 13.2. The molecule has 1 aliphatic rings. The second-order valence-corrected chi connectivity index (χ2v) is 7.13. The number of fused-ring (bicyclic) bond motifs is 1. The van der Waals surface area contributed by atoms with Gasteiger partial charge in [-0.2, -0.15) is 0 Å². The number of rotatable bonds is 7. The van der Waals surface area contributed by atoms with Gasteiger partial charge in [0, 0.05) is 18.1 Å². The highest BCUT2D eigenvalue weighted by Crippen LogP contribution is 2.24. The topological polar surface area (TPSA) is 76.3 Å². The number of anilines is 1.